The van der Waals surface area contributed by atoms with E-state index in [4.69, 9.17) is 4.74 Å². The minimum Gasteiger partial charge on any atom is -0.376 e. The maximum absolute atomic E-state index is 13.2. The summed E-state index contributed by atoms with van der Waals surface area (Å²) in [6.07, 6.45) is -9.33. The Morgan fingerprint density at radius 3 is 1.67 bits per heavy atom. The molecule has 0 aromatic heterocycles. The third-order valence-corrected chi connectivity index (χ3v) is 5.50. The number of amides is 1. The SMILES string of the molecule is Cl.O=CNCC(COCc1cc(C(F)(F)F)cc(C(F)(F)F)c1)C(c1ccccc1)c1ccccc1. The number of ether oxygens (including phenoxy) is 1. The molecule has 3 rings (SSSR count). The Morgan fingerprint density at radius 2 is 1.25 bits per heavy atom. The average molecular weight is 532 g/mol. The molecule has 3 nitrogen and oxygen atoms in total. The molecule has 0 spiro atoms. The van der Waals surface area contributed by atoms with Crippen LogP contribution in [0.3, 0.4) is 0 Å². The Kier molecular flexibility index (Phi) is 10.4. The summed E-state index contributed by atoms with van der Waals surface area (Å²) in [5.41, 5.74) is -1.17. The second-order valence-corrected chi connectivity index (χ2v) is 8.01. The lowest BCUT2D eigenvalue weighted by atomic mass is 9.81. The fraction of sp³-hybridized carbons (Fsp3) is 0.269. The standard InChI is InChI=1S/C26H23F6NO2.ClH/c27-25(28,29)22-11-18(12-23(13-22)26(30,31)32)15-35-16-21(14-33-17-34)24(19-7-3-1-4-8-19)20-9-5-2-6-10-20;/h1-13,17,21,24H,14-16H2,(H,33,34);1H. The number of hydrogen-bond donors (Lipinski definition) is 1. The van der Waals surface area contributed by atoms with E-state index in [1.165, 1.54) is 0 Å². The van der Waals surface area contributed by atoms with Gasteiger partial charge in [0, 0.05) is 18.4 Å². The van der Waals surface area contributed by atoms with Gasteiger partial charge < -0.3 is 10.1 Å². The van der Waals surface area contributed by atoms with Gasteiger partial charge in [-0.05, 0) is 34.9 Å². The third kappa shape index (κ3) is 7.99. The van der Waals surface area contributed by atoms with Crippen LogP contribution in [0.4, 0.5) is 26.3 Å². The van der Waals surface area contributed by atoms with Crippen LogP contribution in [0.15, 0.2) is 78.9 Å². The molecule has 0 aliphatic heterocycles. The second kappa shape index (κ2) is 12.8. The summed E-state index contributed by atoms with van der Waals surface area (Å²) in [6, 6.07) is 20.2. The highest BCUT2D eigenvalue weighted by Gasteiger charge is 2.37. The van der Waals surface area contributed by atoms with Crippen molar-refractivity contribution in [1.82, 2.24) is 5.32 Å². The predicted molar refractivity (Wildman–Crippen MR) is 126 cm³/mol. The zero-order valence-electron chi connectivity index (χ0n) is 18.9. The van der Waals surface area contributed by atoms with Crippen LogP contribution >= 0.6 is 12.4 Å². The molecule has 1 unspecified atom stereocenters. The Hall–Kier alpha value is -3.04. The summed E-state index contributed by atoms with van der Waals surface area (Å²) in [7, 11) is 0. The van der Waals surface area contributed by atoms with Crippen LogP contribution in [0.5, 0.6) is 0 Å². The van der Waals surface area contributed by atoms with Gasteiger partial charge >= 0.3 is 12.4 Å². The van der Waals surface area contributed by atoms with Gasteiger partial charge in [0.1, 0.15) is 0 Å². The van der Waals surface area contributed by atoms with Gasteiger partial charge in [0.25, 0.3) is 0 Å². The van der Waals surface area contributed by atoms with E-state index in [-0.39, 0.29) is 49.0 Å². The normalized spacial score (nSPS) is 12.6. The van der Waals surface area contributed by atoms with Gasteiger partial charge in [-0.1, -0.05) is 60.7 Å². The number of hydrogen-bond acceptors (Lipinski definition) is 2. The number of nitrogens with one attached hydrogen (secondary N) is 1. The zero-order valence-corrected chi connectivity index (χ0v) is 19.7. The molecule has 3 aromatic rings. The Labute approximate surface area is 210 Å². The molecule has 0 aliphatic carbocycles. The maximum atomic E-state index is 13.2. The van der Waals surface area contributed by atoms with Gasteiger partial charge in [0.05, 0.1) is 24.3 Å². The summed E-state index contributed by atoms with van der Waals surface area (Å²) in [6.45, 7) is -0.290. The number of rotatable bonds is 10. The van der Waals surface area contributed by atoms with Gasteiger partial charge in [-0.3, -0.25) is 4.79 Å². The van der Waals surface area contributed by atoms with Crippen LogP contribution < -0.4 is 5.32 Å². The molecule has 1 atom stereocenters. The van der Waals surface area contributed by atoms with E-state index in [0.29, 0.717) is 18.5 Å². The van der Waals surface area contributed by atoms with Crippen LogP contribution in [0, 0.1) is 5.92 Å². The number of halogens is 7. The third-order valence-electron chi connectivity index (χ3n) is 5.50. The zero-order chi connectivity index (χ0) is 25.5. The van der Waals surface area contributed by atoms with E-state index in [0.717, 1.165) is 11.1 Å². The fourth-order valence-electron chi connectivity index (χ4n) is 3.96. The molecule has 1 amide bonds. The molecule has 3 aromatic carbocycles. The number of alkyl halides is 6. The number of carbonyl (C=O) groups excluding carboxylic acids is 1. The van der Waals surface area contributed by atoms with E-state index < -0.39 is 30.1 Å². The Bertz CT molecular complexity index is 1020. The summed E-state index contributed by atoms with van der Waals surface area (Å²) >= 11 is 0. The Balaban J connectivity index is 0.00000456. The van der Waals surface area contributed by atoms with Crippen LogP contribution in [0.25, 0.3) is 0 Å². The van der Waals surface area contributed by atoms with Crippen molar-refractivity contribution in [3.05, 3.63) is 107 Å². The molecule has 0 aliphatic rings. The van der Waals surface area contributed by atoms with Gasteiger partial charge in [0.15, 0.2) is 0 Å². The van der Waals surface area contributed by atoms with Crippen molar-refractivity contribution in [3.63, 3.8) is 0 Å². The minimum atomic E-state index is -4.93. The van der Waals surface area contributed by atoms with Crippen molar-refractivity contribution >= 4 is 18.8 Å². The topological polar surface area (TPSA) is 38.3 Å². The fourth-order valence-corrected chi connectivity index (χ4v) is 3.96. The van der Waals surface area contributed by atoms with Crippen LogP contribution in [0.2, 0.25) is 0 Å². The van der Waals surface area contributed by atoms with Crippen LogP contribution in [-0.2, 0) is 28.5 Å². The summed E-state index contributed by atoms with van der Waals surface area (Å²) in [5.74, 6) is -0.588. The lowest BCUT2D eigenvalue weighted by molar-refractivity contribution is -0.143. The lowest BCUT2D eigenvalue weighted by Gasteiger charge is -2.28. The molecule has 10 heteroatoms. The quantitative estimate of drug-likeness (QED) is 0.229. The monoisotopic (exact) mass is 531 g/mol. The molecule has 0 radical (unpaired) electrons. The van der Waals surface area contributed by atoms with E-state index in [9.17, 15) is 31.1 Å². The highest BCUT2D eigenvalue weighted by Crippen LogP contribution is 2.37. The van der Waals surface area contributed by atoms with E-state index in [1.807, 2.05) is 60.7 Å². The number of benzene rings is 3. The molecule has 36 heavy (non-hydrogen) atoms. The maximum Gasteiger partial charge on any atom is 0.416 e. The van der Waals surface area contributed by atoms with Crippen molar-refractivity contribution < 1.29 is 35.9 Å². The summed E-state index contributed by atoms with van der Waals surface area (Å²) in [4.78, 5) is 11.0. The Morgan fingerprint density at radius 1 is 0.778 bits per heavy atom. The smallest absolute Gasteiger partial charge is 0.376 e. The molecular formula is C26H24ClF6NO2. The highest BCUT2D eigenvalue weighted by atomic mass is 35.5. The lowest BCUT2D eigenvalue weighted by Crippen LogP contribution is -2.30. The molecule has 0 saturated heterocycles. The summed E-state index contributed by atoms with van der Waals surface area (Å²) in [5, 5.41) is 2.62. The average Bonchev–Trinajstić information content (AvgIpc) is 2.82. The van der Waals surface area contributed by atoms with E-state index in [1.54, 1.807) is 0 Å². The van der Waals surface area contributed by atoms with Crippen LogP contribution in [0.1, 0.15) is 33.7 Å². The largest absolute Gasteiger partial charge is 0.416 e. The molecular weight excluding hydrogens is 508 g/mol. The first-order valence-electron chi connectivity index (χ1n) is 10.7. The van der Waals surface area contributed by atoms with Crippen LogP contribution in [-0.4, -0.2) is 19.6 Å². The van der Waals surface area contributed by atoms with Crippen molar-refractivity contribution in [2.45, 2.75) is 24.9 Å². The first-order valence-corrected chi connectivity index (χ1v) is 10.7. The number of carbonyl (C=O) groups is 1. The second-order valence-electron chi connectivity index (χ2n) is 8.01. The molecule has 0 saturated carbocycles. The van der Waals surface area contributed by atoms with Crippen molar-refractivity contribution in [1.29, 1.82) is 0 Å². The van der Waals surface area contributed by atoms with Gasteiger partial charge in [-0.15, -0.1) is 12.4 Å². The first-order chi connectivity index (χ1) is 16.6. The van der Waals surface area contributed by atoms with Gasteiger partial charge in [0.2, 0.25) is 6.41 Å². The molecule has 0 fully saturated rings. The minimum absolute atomic E-state index is 0. The van der Waals surface area contributed by atoms with Gasteiger partial charge in [-0.2, -0.15) is 26.3 Å². The van der Waals surface area contributed by atoms with Crippen molar-refractivity contribution in [3.8, 4) is 0 Å². The molecule has 0 heterocycles. The van der Waals surface area contributed by atoms with E-state index in [2.05, 4.69) is 5.32 Å². The first kappa shape index (κ1) is 29.2. The highest BCUT2D eigenvalue weighted by molar-refractivity contribution is 5.85. The molecule has 194 valence electrons. The van der Waals surface area contributed by atoms with Crippen molar-refractivity contribution in [2.75, 3.05) is 13.2 Å². The molecule has 1 N–H and O–H groups in total. The summed E-state index contributed by atoms with van der Waals surface area (Å²) < 4.78 is 84.6. The molecule has 0 bridgehead atoms. The van der Waals surface area contributed by atoms with Gasteiger partial charge in [-0.25, -0.2) is 0 Å². The predicted octanol–water partition coefficient (Wildman–Crippen LogP) is 6.86. The van der Waals surface area contributed by atoms with Crippen molar-refractivity contribution in [2.24, 2.45) is 5.92 Å². The van der Waals surface area contributed by atoms with E-state index >= 15 is 0 Å².